The van der Waals surface area contributed by atoms with E-state index < -0.39 is 0 Å². The molecular formula is C37H31N5O2. The van der Waals surface area contributed by atoms with Gasteiger partial charge < -0.3 is 10.1 Å². The molecule has 0 radical (unpaired) electrons. The van der Waals surface area contributed by atoms with Crippen LogP contribution < -0.4 is 5.73 Å². The maximum absolute atomic E-state index is 12.9. The fraction of sp³-hybridized carbons (Fsp3) is 0.189. The third-order valence-corrected chi connectivity index (χ3v) is 9.29. The number of imide groups is 1. The molecule has 0 bridgehead atoms. The van der Waals surface area contributed by atoms with Crippen LogP contribution in [0.3, 0.4) is 0 Å². The minimum atomic E-state index is -0.173. The van der Waals surface area contributed by atoms with E-state index in [1.165, 1.54) is 4.90 Å². The molecule has 0 unspecified atom stereocenters. The molecule has 7 heteroatoms. The van der Waals surface area contributed by atoms with Gasteiger partial charge in [0.2, 0.25) is 0 Å². The van der Waals surface area contributed by atoms with Gasteiger partial charge in [0.1, 0.15) is 5.82 Å². The molecule has 0 saturated heterocycles. The first-order valence-electron chi connectivity index (χ1n) is 15.2. The number of carbonyl (C=O) groups is 2. The summed E-state index contributed by atoms with van der Waals surface area (Å²) >= 11 is 0. The maximum Gasteiger partial charge on any atom is 0.261 e. The zero-order valence-corrected chi connectivity index (χ0v) is 24.2. The van der Waals surface area contributed by atoms with Crippen LogP contribution in [0, 0.1) is 5.92 Å². The Bertz CT molecular complexity index is 2040. The lowest BCUT2D eigenvalue weighted by atomic mass is 9.81. The Hall–Kier alpha value is -5.30. The molecule has 1 aliphatic carbocycles. The smallest absolute Gasteiger partial charge is 0.261 e. The van der Waals surface area contributed by atoms with Crippen molar-refractivity contribution in [3.8, 4) is 22.5 Å². The van der Waals surface area contributed by atoms with E-state index in [0.717, 1.165) is 70.4 Å². The topological polar surface area (TPSA) is 93.6 Å². The van der Waals surface area contributed by atoms with E-state index in [1.807, 2.05) is 42.5 Å². The minimum absolute atomic E-state index is 0.173. The van der Waals surface area contributed by atoms with E-state index in [9.17, 15) is 9.59 Å². The van der Waals surface area contributed by atoms with E-state index in [4.69, 9.17) is 15.7 Å². The first-order valence-corrected chi connectivity index (χ1v) is 15.2. The van der Waals surface area contributed by atoms with Crippen LogP contribution in [0.5, 0.6) is 0 Å². The molecule has 2 aliphatic rings. The van der Waals surface area contributed by atoms with Crippen LogP contribution in [0.25, 0.3) is 38.9 Å². The van der Waals surface area contributed by atoms with Crippen LogP contribution in [0.1, 0.15) is 58.1 Å². The number of hydrogen-bond donors (Lipinski definition) is 1. The molecular weight excluding hydrogens is 546 g/mol. The predicted octanol–water partition coefficient (Wildman–Crippen LogP) is 7.37. The summed E-state index contributed by atoms with van der Waals surface area (Å²) in [5, 5.41) is 1.07. The number of hydrogen-bond acceptors (Lipinski definition) is 5. The SMILES string of the molecule is Nc1cccn2c(C3CCC(CN4C(=O)c5ccccc5C4=O)CC3)nc(-c3ccc4ccc(-c5ccccc5)nc4c3)c12. The molecule has 0 atom stereocenters. The minimum Gasteiger partial charge on any atom is -0.397 e. The number of amides is 2. The second kappa shape index (κ2) is 10.5. The monoisotopic (exact) mass is 577 g/mol. The molecule has 216 valence electrons. The molecule has 2 N–H and O–H groups in total. The van der Waals surface area contributed by atoms with Gasteiger partial charge in [-0.05, 0) is 68.0 Å². The van der Waals surface area contributed by atoms with Crippen molar-refractivity contribution in [3.05, 3.63) is 120 Å². The van der Waals surface area contributed by atoms with E-state index in [1.54, 1.807) is 12.1 Å². The maximum atomic E-state index is 12.9. The number of nitrogens with zero attached hydrogens (tertiary/aromatic N) is 4. The fourth-order valence-electron chi connectivity index (χ4n) is 6.98. The average Bonchev–Trinajstić information content (AvgIpc) is 3.58. The molecule has 6 aromatic rings. The van der Waals surface area contributed by atoms with Gasteiger partial charge >= 0.3 is 0 Å². The second-order valence-electron chi connectivity index (χ2n) is 12.0. The molecule has 2 amide bonds. The summed E-state index contributed by atoms with van der Waals surface area (Å²) in [7, 11) is 0. The van der Waals surface area contributed by atoms with Gasteiger partial charge in [0.25, 0.3) is 11.8 Å². The number of nitrogens with two attached hydrogens (primary N) is 1. The van der Waals surface area contributed by atoms with E-state index >= 15 is 0 Å². The van der Waals surface area contributed by atoms with Crippen molar-refractivity contribution in [2.24, 2.45) is 5.92 Å². The highest BCUT2D eigenvalue weighted by Gasteiger charge is 2.37. The van der Waals surface area contributed by atoms with Gasteiger partial charge in [0.05, 0.1) is 39.2 Å². The Labute approximate surface area is 255 Å². The van der Waals surface area contributed by atoms with Crippen LogP contribution in [0.4, 0.5) is 5.69 Å². The third kappa shape index (κ3) is 4.35. The quantitative estimate of drug-likeness (QED) is 0.216. The van der Waals surface area contributed by atoms with Gasteiger partial charge in [-0.1, -0.05) is 60.7 Å². The van der Waals surface area contributed by atoms with Gasteiger partial charge in [0, 0.05) is 35.2 Å². The van der Waals surface area contributed by atoms with Crippen LogP contribution in [-0.4, -0.2) is 37.6 Å². The summed E-state index contributed by atoms with van der Waals surface area (Å²) in [6.45, 7) is 0.467. The van der Waals surface area contributed by atoms with Crippen LogP contribution in [0.2, 0.25) is 0 Å². The molecule has 1 saturated carbocycles. The Morgan fingerprint density at radius 3 is 2.18 bits per heavy atom. The molecule has 1 fully saturated rings. The Morgan fingerprint density at radius 1 is 0.727 bits per heavy atom. The lowest BCUT2D eigenvalue weighted by Crippen LogP contribution is -2.35. The molecule has 7 nitrogen and oxygen atoms in total. The standard InChI is InChI=1S/C37H31N5O2/c38-30-11-6-20-41-34(30)33(27-17-16-25-18-19-31(39-32(25)21-27)24-7-2-1-3-8-24)40-35(41)26-14-12-23(13-15-26)22-42-36(43)28-9-4-5-10-29(28)37(42)44/h1-11,16-21,23,26H,12-15,22,38H2. The number of benzene rings is 3. The molecule has 1 aliphatic heterocycles. The fourth-order valence-corrected chi connectivity index (χ4v) is 6.98. The lowest BCUT2D eigenvalue weighted by Gasteiger charge is -2.30. The number of fused-ring (bicyclic) bond motifs is 3. The largest absolute Gasteiger partial charge is 0.397 e. The highest BCUT2D eigenvalue weighted by atomic mass is 16.2. The van der Waals surface area contributed by atoms with Gasteiger partial charge in [-0.2, -0.15) is 0 Å². The summed E-state index contributed by atoms with van der Waals surface area (Å²) in [6, 6.07) is 31.7. The van der Waals surface area contributed by atoms with Gasteiger partial charge in [-0.3, -0.25) is 14.5 Å². The normalized spacial score (nSPS) is 18.3. The van der Waals surface area contributed by atoms with Crippen molar-refractivity contribution in [3.63, 3.8) is 0 Å². The first-order chi connectivity index (χ1) is 21.5. The molecule has 3 aromatic heterocycles. The van der Waals surface area contributed by atoms with Crippen molar-refractivity contribution >= 4 is 33.9 Å². The van der Waals surface area contributed by atoms with E-state index in [-0.39, 0.29) is 23.7 Å². The summed E-state index contributed by atoms with van der Waals surface area (Å²) < 4.78 is 2.15. The second-order valence-corrected chi connectivity index (χ2v) is 12.0. The van der Waals surface area contributed by atoms with E-state index in [0.29, 0.717) is 23.4 Å². The molecule has 4 heterocycles. The average molecular weight is 578 g/mol. The summed E-state index contributed by atoms with van der Waals surface area (Å²) in [5.41, 5.74) is 14.0. The molecule has 44 heavy (non-hydrogen) atoms. The number of anilines is 1. The number of imidazole rings is 1. The van der Waals surface area contributed by atoms with Gasteiger partial charge in [-0.15, -0.1) is 0 Å². The van der Waals surface area contributed by atoms with Crippen molar-refractivity contribution in [1.29, 1.82) is 0 Å². The van der Waals surface area contributed by atoms with E-state index in [2.05, 4.69) is 53.1 Å². The molecule has 3 aromatic carbocycles. The molecule has 8 rings (SSSR count). The van der Waals surface area contributed by atoms with Gasteiger partial charge in [0.15, 0.2) is 0 Å². The summed E-state index contributed by atoms with van der Waals surface area (Å²) in [6.07, 6.45) is 5.76. The van der Waals surface area contributed by atoms with Crippen molar-refractivity contribution in [2.75, 3.05) is 12.3 Å². The third-order valence-electron chi connectivity index (χ3n) is 9.29. The number of aromatic nitrogens is 3. The summed E-state index contributed by atoms with van der Waals surface area (Å²) in [5.74, 6) is 1.18. The molecule has 0 spiro atoms. The highest BCUT2D eigenvalue weighted by molar-refractivity contribution is 6.21. The highest BCUT2D eigenvalue weighted by Crippen LogP contribution is 2.40. The van der Waals surface area contributed by atoms with Crippen LogP contribution in [-0.2, 0) is 0 Å². The lowest BCUT2D eigenvalue weighted by molar-refractivity contribution is 0.0614. The van der Waals surface area contributed by atoms with Crippen molar-refractivity contribution < 1.29 is 9.59 Å². The van der Waals surface area contributed by atoms with Crippen molar-refractivity contribution in [2.45, 2.75) is 31.6 Å². The van der Waals surface area contributed by atoms with Crippen LogP contribution >= 0.6 is 0 Å². The number of rotatable bonds is 5. The van der Waals surface area contributed by atoms with Gasteiger partial charge in [-0.25, -0.2) is 9.97 Å². The van der Waals surface area contributed by atoms with Crippen molar-refractivity contribution in [1.82, 2.24) is 19.3 Å². The summed E-state index contributed by atoms with van der Waals surface area (Å²) in [4.78, 5) is 37.5. The predicted molar refractivity (Wildman–Crippen MR) is 172 cm³/mol. The Morgan fingerprint density at radius 2 is 1.43 bits per heavy atom. The number of nitrogen functional groups attached to an aromatic ring is 1. The Balaban J connectivity index is 1.07. The number of carbonyl (C=O) groups excluding carboxylic acids is 2. The van der Waals surface area contributed by atoms with Crippen LogP contribution in [0.15, 0.2) is 103 Å². The first kappa shape index (κ1) is 26.3. The Kier molecular flexibility index (Phi) is 6.26. The number of pyridine rings is 2. The zero-order valence-electron chi connectivity index (χ0n) is 24.2. The zero-order chi connectivity index (χ0) is 29.8.